The molecule has 0 aromatic rings. The predicted molar refractivity (Wildman–Crippen MR) is 168 cm³/mol. The maximum absolute atomic E-state index is 12.8. The average Bonchev–Trinajstić information content (AvgIpc) is 3.49. The normalized spacial score (nSPS) is 58.8. The topological polar surface area (TPSA) is 144 Å². The van der Waals surface area contributed by atoms with Crippen molar-refractivity contribution in [1.29, 1.82) is 0 Å². The molecular formula is C37H58O10. The van der Waals surface area contributed by atoms with E-state index in [-0.39, 0.29) is 58.3 Å². The first-order chi connectivity index (χ1) is 21.8. The second-order valence-corrected chi connectivity index (χ2v) is 18.8. The van der Waals surface area contributed by atoms with Gasteiger partial charge in [0.25, 0.3) is 0 Å². The number of ether oxygens (including phenoxy) is 5. The number of aliphatic hydroxyl groups excluding tert-OH is 4. The molecule has 5 saturated carbocycles. The SMILES string of the molecule is CC(=O)OC(C)(C)[C@H]1O[C@@]23O[C@H]1C[C@@H](C)[C@@H]2[C@@]1(C)CC[C@@]24C[C@@]25CC[C@H](O[C@@H]2OC[C@H](O)[C@H](O)[C@H]2O)C(C)(C)[C@@H]5CC[C@H]4[C@]1(C)[C@H]3O. The van der Waals surface area contributed by atoms with Gasteiger partial charge in [-0.25, -0.2) is 0 Å². The first-order valence-corrected chi connectivity index (χ1v) is 18.4. The fourth-order valence-electron chi connectivity index (χ4n) is 14.4. The van der Waals surface area contributed by atoms with E-state index in [1.807, 2.05) is 13.8 Å². The van der Waals surface area contributed by atoms with E-state index in [9.17, 15) is 25.2 Å². The number of rotatable bonds is 4. The highest BCUT2D eigenvalue weighted by Gasteiger charge is 2.88. The van der Waals surface area contributed by atoms with Crippen LogP contribution in [0.2, 0.25) is 0 Å². The first-order valence-electron chi connectivity index (χ1n) is 18.4. The van der Waals surface area contributed by atoms with Crippen molar-refractivity contribution in [2.45, 2.75) is 167 Å². The molecule has 266 valence electrons. The third-order valence-electron chi connectivity index (χ3n) is 16.3. The van der Waals surface area contributed by atoms with Gasteiger partial charge in [-0.2, -0.15) is 0 Å². The number of hydrogen-bond donors (Lipinski definition) is 4. The zero-order chi connectivity index (χ0) is 33.9. The van der Waals surface area contributed by atoms with Crippen molar-refractivity contribution in [2.24, 2.45) is 50.7 Å². The van der Waals surface area contributed by atoms with Gasteiger partial charge in [-0.05, 0) is 105 Å². The Hall–Kier alpha value is -0.850. The van der Waals surface area contributed by atoms with E-state index in [4.69, 9.17) is 23.7 Å². The van der Waals surface area contributed by atoms with Crippen LogP contribution in [0.15, 0.2) is 0 Å². The molecule has 3 heterocycles. The highest BCUT2D eigenvalue weighted by atomic mass is 16.8. The number of fused-ring (bicyclic) bond motifs is 4. The molecule has 17 atom stereocenters. The molecule has 0 aromatic heterocycles. The van der Waals surface area contributed by atoms with E-state index in [0.717, 1.165) is 51.4 Å². The van der Waals surface area contributed by atoms with E-state index >= 15 is 0 Å². The van der Waals surface area contributed by atoms with E-state index in [1.165, 1.54) is 6.92 Å². The van der Waals surface area contributed by atoms with Crippen molar-refractivity contribution in [2.75, 3.05) is 6.61 Å². The van der Waals surface area contributed by atoms with Crippen LogP contribution in [-0.4, -0.2) is 93.4 Å². The van der Waals surface area contributed by atoms with Crippen LogP contribution in [0.3, 0.4) is 0 Å². The quantitative estimate of drug-likeness (QED) is 0.260. The smallest absolute Gasteiger partial charge is 0.303 e. The summed E-state index contributed by atoms with van der Waals surface area (Å²) in [6.45, 7) is 16.8. The standard InChI is InChI=1S/C37H58O10/c1-18-15-21-28(32(5,6)45-19(2)38)47-37(46-21)27(18)33(7)13-14-36-17-35(36)12-11-24(44-29-26(41)25(40)20(39)16-43-29)31(3,4)22(35)9-10-23(36)34(33,8)30(37)42/h18,20-30,39-42H,9-17H2,1-8H3/t18-,20+,21+,22+,23+,24+,25+,26-,27-,28+,29+,30-,33-,34-,35-,36+,37+/m1/s1. The third-order valence-corrected chi connectivity index (χ3v) is 16.3. The van der Waals surface area contributed by atoms with E-state index < -0.39 is 53.6 Å². The maximum Gasteiger partial charge on any atom is 0.303 e. The largest absolute Gasteiger partial charge is 0.457 e. The van der Waals surface area contributed by atoms with Gasteiger partial charge < -0.3 is 44.1 Å². The molecule has 3 aliphatic heterocycles. The van der Waals surface area contributed by atoms with E-state index in [2.05, 4.69) is 34.6 Å². The highest BCUT2D eigenvalue weighted by Crippen LogP contribution is 2.90. The Balaban J connectivity index is 1.09. The van der Waals surface area contributed by atoms with Gasteiger partial charge in [0.1, 0.15) is 36.1 Å². The lowest BCUT2D eigenvalue weighted by molar-refractivity contribution is -0.303. The van der Waals surface area contributed by atoms with Gasteiger partial charge in [0.15, 0.2) is 12.1 Å². The molecule has 8 fully saturated rings. The Kier molecular flexibility index (Phi) is 7.03. The van der Waals surface area contributed by atoms with Crippen molar-refractivity contribution in [3.8, 4) is 0 Å². The second kappa shape index (κ2) is 9.93. The minimum absolute atomic E-state index is 0.0329. The monoisotopic (exact) mass is 662 g/mol. The molecule has 4 N–H and O–H groups in total. The highest BCUT2D eigenvalue weighted by molar-refractivity contribution is 5.66. The third kappa shape index (κ3) is 3.88. The molecule has 47 heavy (non-hydrogen) atoms. The van der Waals surface area contributed by atoms with Crippen molar-refractivity contribution in [3.63, 3.8) is 0 Å². The summed E-state index contributed by atoms with van der Waals surface area (Å²) in [5.74, 6) is -0.402. The van der Waals surface area contributed by atoms with Crippen molar-refractivity contribution >= 4 is 5.97 Å². The molecule has 0 amide bonds. The van der Waals surface area contributed by atoms with Crippen LogP contribution in [0.1, 0.15) is 107 Å². The summed E-state index contributed by atoms with van der Waals surface area (Å²) in [4.78, 5) is 12.1. The van der Waals surface area contributed by atoms with Gasteiger partial charge in [-0.1, -0.05) is 34.6 Å². The molecule has 0 aromatic carbocycles. The lowest BCUT2D eigenvalue weighted by Gasteiger charge is -2.63. The van der Waals surface area contributed by atoms with Crippen molar-refractivity contribution in [3.05, 3.63) is 0 Å². The van der Waals surface area contributed by atoms with Crippen molar-refractivity contribution < 1.29 is 48.9 Å². The summed E-state index contributed by atoms with van der Waals surface area (Å²) in [5.41, 5.74) is -1.36. The molecule has 10 heteroatoms. The van der Waals surface area contributed by atoms with Crippen molar-refractivity contribution in [1.82, 2.24) is 0 Å². The van der Waals surface area contributed by atoms with Crippen LogP contribution in [-0.2, 0) is 28.5 Å². The van der Waals surface area contributed by atoms with Crippen LogP contribution >= 0.6 is 0 Å². The summed E-state index contributed by atoms with van der Waals surface area (Å²) < 4.78 is 31.9. The lowest BCUT2D eigenvalue weighted by Crippen LogP contribution is -2.61. The van der Waals surface area contributed by atoms with Gasteiger partial charge >= 0.3 is 5.97 Å². The van der Waals surface area contributed by atoms with Gasteiger partial charge in [0.2, 0.25) is 0 Å². The number of carbonyl (C=O) groups is 1. The van der Waals surface area contributed by atoms with Gasteiger partial charge in [0.05, 0.1) is 18.8 Å². The van der Waals surface area contributed by atoms with Crippen LogP contribution in [0.4, 0.5) is 0 Å². The molecule has 0 unspecified atom stereocenters. The van der Waals surface area contributed by atoms with Crippen LogP contribution < -0.4 is 0 Å². The predicted octanol–water partition coefficient (Wildman–Crippen LogP) is 3.69. The summed E-state index contributed by atoms with van der Waals surface area (Å²) in [7, 11) is 0. The molecule has 3 saturated heterocycles. The average molecular weight is 663 g/mol. The first kappa shape index (κ1) is 33.3. The van der Waals surface area contributed by atoms with E-state index in [1.54, 1.807) is 0 Å². The zero-order valence-electron chi connectivity index (χ0n) is 29.5. The number of hydrogen-bond acceptors (Lipinski definition) is 10. The molecule has 0 radical (unpaired) electrons. The minimum atomic E-state index is -1.29. The summed E-state index contributed by atoms with van der Waals surface area (Å²) >= 11 is 0. The Morgan fingerprint density at radius 3 is 2.28 bits per heavy atom. The second-order valence-electron chi connectivity index (χ2n) is 18.8. The molecule has 10 nitrogen and oxygen atoms in total. The zero-order valence-corrected chi connectivity index (χ0v) is 29.5. The van der Waals surface area contributed by atoms with Crippen LogP contribution in [0, 0.1) is 50.7 Å². The summed E-state index contributed by atoms with van der Waals surface area (Å²) in [6, 6.07) is 0. The van der Waals surface area contributed by atoms with Gasteiger partial charge in [-0.3, -0.25) is 4.79 Å². The Bertz CT molecular complexity index is 1320. The lowest BCUT2D eigenvalue weighted by atomic mass is 9.41. The van der Waals surface area contributed by atoms with E-state index in [0.29, 0.717) is 11.8 Å². The Morgan fingerprint density at radius 1 is 0.894 bits per heavy atom. The maximum atomic E-state index is 12.8. The molecular weight excluding hydrogens is 604 g/mol. The summed E-state index contributed by atoms with van der Waals surface area (Å²) in [6.07, 6.45) is 1.72. The number of esters is 1. The minimum Gasteiger partial charge on any atom is -0.457 e. The molecule has 8 rings (SSSR count). The summed E-state index contributed by atoms with van der Waals surface area (Å²) in [5, 5.41) is 43.7. The van der Waals surface area contributed by atoms with Gasteiger partial charge in [-0.15, -0.1) is 0 Å². The number of carbonyl (C=O) groups excluding carboxylic acids is 1. The fourth-order valence-corrected chi connectivity index (χ4v) is 14.4. The molecule has 5 aliphatic carbocycles. The number of aliphatic hydroxyl groups is 4. The fraction of sp³-hybridized carbons (Fsp3) is 0.973. The Labute approximate surface area is 279 Å². The molecule has 8 aliphatic rings. The molecule has 3 spiro atoms. The van der Waals surface area contributed by atoms with Crippen LogP contribution in [0.5, 0.6) is 0 Å². The Morgan fingerprint density at radius 2 is 1.57 bits per heavy atom. The molecule has 2 bridgehead atoms. The van der Waals surface area contributed by atoms with Crippen LogP contribution in [0.25, 0.3) is 0 Å². The van der Waals surface area contributed by atoms with Gasteiger partial charge in [0, 0.05) is 18.3 Å².